The highest BCUT2D eigenvalue weighted by molar-refractivity contribution is 7.80. The first kappa shape index (κ1) is 18.5. The lowest BCUT2D eigenvalue weighted by Crippen LogP contribution is -2.53. The molecule has 0 bridgehead atoms. The molecule has 2 amide bonds. The molecule has 7 nitrogen and oxygen atoms in total. The monoisotopic (exact) mass is 362 g/mol. The van der Waals surface area contributed by atoms with Crippen LogP contribution in [0.4, 0.5) is 0 Å². The van der Waals surface area contributed by atoms with Crippen molar-refractivity contribution in [3.8, 4) is 17.2 Å². The lowest BCUT2D eigenvalue weighted by molar-refractivity contribution is -0.128. The van der Waals surface area contributed by atoms with E-state index in [-0.39, 0.29) is 17.2 Å². The molecule has 25 heavy (non-hydrogen) atoms. The maximum absolute atomic E-state index is 12.5. The zero-order valence-electron chi connectivity index (χ0n) is 14.1. The molecule has 0 atom stereocenters. The van der Waals surface area contributed by atoms with Crippen LogP contribution in [0.15, 0.2) is 30.4 Å². The highest BCUT2D eigenvalue weighted by atomic mass is 32.1. The third kappa shape index (κ3) is 3.63. The first-order chi connectivity index (χ1) is 12.0. The molecule has 1 fully saturated rings. The summed E-state index contributed by atoms with van der Waals surface area (Å²) in [6.07, 6.45) is 2.97. The summed E-state index contributed by atoms with van der Waals surface area (Å²) < 4.78 is 15.8. The standard InChI is InChI=1S/C17H18N2O5S/c1-5-6-19-16(21)11(15(20)18-17(19)25)7-10-8-12(22-2)14(24-4)13(9-10)23-3/h5,7-9H,1,6H2,2-4H3,(H,18,20,25)/b11-7+. The van der Waals surface area contributed by atoms with Crippen LogP contribution < -0.4 is 19.5 Å². The number of carbonyl (C=O) groups is 2. The zero-order valence-corrected chi connectivity index (χ0v) is 14.9. The molecule has 1 aromatic rings. The van der Waals surface area contributed by atoms with Gasteiger partial charge in [-0.05, 0) is 36.0 Å². The Morgan fingerprint density at radius 3 is 2.24 bits per heavy atom. The van der Waals surface area contributed by atoms with Crippen LogP contribution in [0.25, 0.3) is 6.08 Å². The van der Waals surface area contributed by atoms with E-state index in [2.05, 4.69) is 11.9 Å². The summed E-state index contributed by atoms with van der Waals surface area (Å²) >= 11 is 5.02. The van der Waals surface area contributed by atoms with Gasteiger partial charge in [0.1, 0.15) is 5.57 Å². The van der Waals surface area contributed by atoms with E-state index < -0.39 is 11.8 Å². The van der Waals surface area contributed by atoms with Gasteiger partial charge in [0.05, 0.1) is 21.3 Å². The van der Waals surface area contributed by atoms with E-state index in [9.17, 15) is 9.59 Å². The number of hydrogen-bond acceptors (Lipinski definition) is 6. The van der Waals surface area contributed by atoms with E-state index in [0.717, 1.165) is 0 Å². The summed E-state index contributed by atoms with van der Waals surface area (Å²) in [7, 11) is 4.46. The van der Waals surface area contributed by atoms with Crippen molar-refractivity contribution in [3.05, 3.63) is 35.9 Å². The van der Waals surface area contributed by atoms with Gasteiger partial charge in [-0.2, -0.15) is 0 Å². The van der Waals surface area contributed by atoms with Gasteiger partial charge in [0.2, 0.25) is 5.75 Å². The van der Waals surface area contributed by atoms with Crippen molar-refractivity contribution in [1.29, 1.82) is 0 Å². The lowest BCUT2D eigenvalue weighted by atomic mass is 10.1. The molecular formula is C17H18N2O5S. The van der Waals surface area contributed by atoms with E-state index >= 15 is 0 Å². The fourth-order valence-corrected chi connectivity index (χ4v) is 2.59. The third-order valence-electron chi connectivity index (χ3n) is 3.50. The van der Waals surface area contributed by atoms with Crippen LogP contribution >= 0.6 is 12.2 Å². The van der Waals surface area contributed by atoms with E-state index in [0.29, 0.717) is 22.8 Å². The Balaban J connectivity index is 2.51. The second-order valence-corrected chi connectivity index (χ2v) is 5.37. The van der Waals surface area contributed by atoms with Gasteiger partial charge >= 0.3 is 0 Å². The number of thiocarbonyl (C=S) groups is 1. The van der Waals surface area contributed by atoms with Crippen LogP contribution in [0.1, 0.15) is 5.56 Å². The van der Waals surface area contributed by atoms with Crippen molar-refractivity contribution in [3.63, 3.8) is 0 Å². The number of hydrogen-bond donors (Lipinski definition) is 1. The highest BCUT2D eigenvalue weighted by Gasteiger charge is 2.32. The average Bonchev–Trinajstić information content (AvgIpc) is 2.61. The van der Waals surface area contributed by atoms with Gasteiger partial charge in [0.15, 0.2) is 16.6 Å². The maximum atomic E-state index is 12.5. The Kier molecular flexibility index (Phi) is 5.76. The minimum Gasteiger partial charge on any atom is -0.493 e. The van der Waals surface area contributed by atoms with Gasteiger partial charge in [-0.3, -0.25) is 19.8 Å². The van der Waals surface area contributed by atoms with Crippen LogP contribution in [-0.2, 0) is 9.59 Å². The quantitative estimate of drug-likeness (QED) is 0.358. The Bertz CT molecular complexity index is 747. The highest BCUT2D eigenvalue weighted by Crippen LogP contribution is 2.38. The molecule has 0 aromatic heterocycles. The molecule has 0 saturated carbocycles. The Labute approximate surface area is 150 Å². The van der Waals surface area contributed by atoms with E-state index in [1.165, 1.54) is 38.4 Å². The Hall–Kier alpha value is -2.87. The summed E-state index contributed by atoms with van der Waals surface area (Å²) in [5, 5.41) is 2.54. The Morgan fingerprint density at radius 2 is 1.76 bits per heavy atom. The minimum absolute atomic E-state index is 0.0512. The summed E-state index contributed by atoms with van der Waals surface area (Å²) in [5.74, 6) is 0.180. The molecule has 0 radical (unpaired) electrons. The summed E-state index contributed by atoms with van der Waals surface area (Å²) in [4.78, 5) is 26.0. The second-order valence-electron chi connectivity index (χ2n) is 4.98. The molecule has 0 unspecified atom stereocenters. The van der Waals surface area contributed by atoms with Crippen LogP contribution in [0.5, 0.6) is 17.2 Å². The SMILES string of the molecule is C=CCN1C(=O)/C(=C/c2cc(OC)c(OC)c(OC)c2)C(=O)NC1=S. The molecule has 1 heterocycles. The second kappa shape index (κ2) is 7.80. The van der Waals surface area contributed by atoms with Crippen molar-refractivity contribution < 1.29 is 23.8 Å². The smallest absolute Gasteiger partial charge is 0.265 e. The van der Waals surface area contributed by atoms with Gasteiger partial charge in [0, 0.05) is 6.54 Å². The number of ether oxygens (including phenoxy) is 3. The maximum Gasteiger partial charge on any atom is 0.265 e. The summed E-state index contributed by atoms with van der Waals surface area (Å²) in [5.41, 5.74) is 0.490. The summed E-state index contributed by atoms with van der Waals surface area (Å²) in [6.45, 7) is 3.78. The number of methoxy groups -OCH3 is 3. The molecule has 1 aliphatic heterocycles. The number of nitrogens with one attached hydrogen (secondary N) is 1. The number of benzene rings is 1. The molecule has 1 aromatic carbocycles. The fraction of sp³-hybridized carbons (Fsp3) is 0.235. The molecule has 2 rings (SSSR count). The van der Waals surface area contributed by atoms with Gasteiger partial charge in [-0.1, -0.05) is 6.08 Å². The largest absolute Gasteiger partial charge is 0.493 e. The first-order valence-electron chi connectivity index (χ1n) is 7.26. The van der Waals surface area contributed by atoms with E-state index in [1.54, 1.807) is 12.1 Å². The average molecular weight is 362 g/mol. The van der Waals surface area contributed by atoms with Crippen molar-refractivity contribution >= 4 is 35.2 Å². The first-order valence-corrected chi connectivity index (χ1v) is 7.67. The van der Waals surface area contributed by atoms with Crippen LogP contribution in [0, 0.1) is 0 Å². The lowest BCUT2D eigenvalue weighted by Gasteiger charge is -2.27. The fourth-order valence-electron chi connectivity index (χ4n) is 2.34. The molecule has 8 heteroatoms. The molecule has 1 N–H and O–H groups in total. The van der Waals surface area contributed by atoms with Crippen molar-refractivity contribution in [1.82, 2.24) is 10.2 Å². The number of rotatable bonds is 6. The Morgan fingerprint density at radius 1 is 1.16 bits per heavy atom. The van der Waals surface area contributed by atoms with Gasteiger partial charge in [0.25, 0.3) is 11.8 Å². The topological polar surface area (TPSA) is 77.1 Å². The van der Waals surface area contributed by atoms with Gasteiger partial charge < -0.3 is 14.2 Å². The van der Waals surface area contributed by atoms with Crippen molar-refractivity contribution in [2.45, 2.75) is 0 Å². The number of amides is 2. The molecular weight excluding hydrogens is 344 g/mol. The third-order valence-corrected chi connectivity index (χ3v) is 3.82. The van der Waals surface area contributed by atoms with Crippen LogP contribution in [0.3, 0.4) is 0 Å². The normalized spacial score (nSPS) is 15.9. The van der Waals surface area contributed by atoms with Crippen molar-refractivity contribution in [2.24, 2.45) is 0 Å². The summed E-state index contributed by atoms with van der Waals surface area (Å²) in [6, 6.07) is 3.28. The zero-order chi connectivity index (χ0) is 18.6. The molecule has 132 valence electrons. The number of carbonyl (C=O) groups excluding carboxylic acids is 2. The van der Waals surface area contributed by atoms with Crippen LogP contribution in [0.2, 0.25) is 0 Å². The minimum atomic E-state index is -0.566. The predicted molar refractivity (Wildman–Crippen MR) is 96.7 cm³/mol. The van der Waals surface area contributed by atoms with E-state index in [1.807, 2.05) is 0 Å². The molecule has 0 spiro atoms. The molecule has 1 aliphatic rings. The van der Waals surface area contributed by atoms with E-state index in [4.69, 9.17) is 26.4 Å². The number of nitrogens with zero attached hydrogens (tertiary/aromatic N) is 1. The van der Waals surface area contributed by atoms with Gasteiger partial charge in [-0.25, -0.2) is 0 Å². The van der Waals surface area contributed by atoms with Crippen molar-refractivity contribution in [2.75, 3.05) is 27.9 Å². The van der Waals surface area contributed by atoms with Gasteiger partial charge in [-0.15, -0.1) is 6.58 Å². The molecule has 1 saturated heterocycles. The predicted octanol–water partition coefficient (Wildman–Crippen LogP) is 1.53. The molecule has 0 aliphatic carbocycles. The van der Waals surface area contributed by atoms with Crippen LogP contribution in [-0.4, -0.2) is 49.7 Å².